The van der Waals surface area contributed by atoms with Crippen molar-refractivity contribution in [2.24, 2.45) is 0 Å². The quantitative estimate of drug-likeness (QED) is 0.869. The highest BCUT2D eigenvalue weighted by molar-refractivity contribution is 6.30. The van der Waals surface area contributed by atoms with Crippen molar-refractivity contribution >= 4 is 35.1 Å². The SMILES string of the molecule is O=C(NC1CCN(c2ccc(Cl)cc2)C1=O)c1ccc(C(=O)O)nc1. The molecule has 1 aromatic heterocycles. The second-order valence-electron chi connectivity index (χ2n) is 5.52. The van der Waals surface area contributed by atoms with Gasteiger partial charge >= 0.3 is 5.97 Å². The number of carbonyl (C=O) groups is 3. The Morgan fingerprint density at radius 3 is 2.52 bits per heavy atom. The first-order valence-corrected chi connectivity index (χ1v) is 7.90. The van der Waals surface area contributed by atoms with Crippen LogP contribution in [0.4, 0.5) is 5.69 Å². The summed E-state index contributed by atoms with van der Waals surface area (Å²) in [5, 5.41) is 12.1. The van der Waals surface area contributed by atoms with Crippen LogP contribution in [0.2, 0.25) is 5.02 Å². The molecule has 2 N–H and O–H groups in total. The molecule has 0 saturated carbocycles. The van der Waals surface area contributed by atoms with E-state index < -0.39 is 17.9 Å². The molecule has 1 saturated heterocycles. The van der Waals surface area contributed by atoms with Gasteiger partial charge < -0.3 is 15.3 Å². The van der Waals surface area contributed by atoms with Gasteiger partial charge in [0, 0.05) is 23.5 Å². The second-order valence-corrected chi connectivity index (χ2v) is 5.95. The number of amides is 2. The molecular formula is C17H14ClN3O4. The number of halogens is 1. The zero-order valence-corrected chi connectivity index (χ0v) is 13.7. The largest absolute Gasteiger partial charge is 0.477 e. The van der Waals surface area contributed by atoms with Crippen LogP contribution < -0.4 is 10.2 Å². The van der Waals surface area contributed by atoms with Crippen LogP contribution in [0.3, 0.4) is 0 Å². The summed E-state index contributed by atoms with van der Waals surface area (Å²) in [6.07, 6.45) is 1.66. The number of hydrogen-bond donors (Lipinski definition) is 2. The Hall–Kier alpha value is -2.93. The highest BCUT2D eigenvalue weighted by atomic mass is 35.5. The lowest BCUT2D eigenvalue weighted by Crippen LogP contribution is -2.41. The van der Waals surface area contributed by atoms with Gasteiger partial charge in [0.1, 0.15) is 11.7 Å². The van der Waals surface area contributed by atoms with Crippen molar-refractivity contribution in [3.05, 3.63) is 58.9 Å². The molecule has 1 fully saturated rings. The van der Waals surface area contributed by atoms with E-state index in [1.54, 1.807) is 29.2 Å². The van der Waals surface area contributed by atoms with Crippen molar-refractivity contribution in [1.29, 1.82) is 0 Å². The number of carboxylic acid groups (broad SMARTS) is 1. The zero-order chi connectivity index (χ0) is 18.0. The fourth-order valence-electron chi connectivity index (χ4n) is 2.59. The Morgan fingerprint density at radius 1 is 1.20 bits per heavy atom. The molecule has 1 aromatic carbocycles. The van der Waals surface area contributed by atoms with Crippen LogP contribution in [0, 0.1) is 0 Å². The van der Waals surface area contributed by atoms with Crippen molar-refractivity contribution in [3.63, 3.8) is 0 Å². The van der Waals surface area contributed by atoms with E-state index >= 15 is 0 Å². The Balaban J connectivity index is 1.67. The number of nitrogens with one attached hydrogen (secondary N) is 1. The number of carboxylic acids is 1. The molecule has 2 amide bonds. The third-order valence-electron chi connectivity index (χ3n) is 3.89. The van der Waals surface area contributed by atoms with Crippen LogP contribution in [0.5, 0.6) is 0 Å². The van der Waals surface area contributed by atoms with Crippen molar-refractivity contribution in [1.82, 2.24) is 10.3 Å². The number of benzene rings is 1. The highest BCUT2D eigenvalue weighted by Crippen LogP contribution is 2.23. The summed E-state index contributed by atoms with van der Waals surface area (Å²) in [5.74, 6) is -1.84. The molecule has 25 heavy (non-hydrogen) atoms. The van der Waals surface area contributed by atoms with Gasteiger partial charge in [-0.2, -0.15) is 0 Å². The number of hydrogen-bond acceptors (Lipinski definition) is 4. The van der Waals surface area contributed by atoms with Crippen molar-refractivity contribution in [3.8, 4) is 0 Å². The molecule has 3 rings (SSSR count). The maximum atomic E-state index is 12.5. The van der Waals surface area contributed by atoms with E-state index in [0.717, 1.165) is 5.69 Å². The number of anilines is 1. The molecule has 2 heterocycles. The molecule has 1 aliphatic rings. The lowest BCUT2D eigenvalue weighted by Gasteiger charge is -2.17. The van der Waals surface area contributed by atoms with Gasteiger partial charge in [0.25, 0.3) is 5.91 Å². The monoisotopic (exact) mass is 359 g/mol. The van der Waals surface area contributed by atoms with Gasteiger partial charge in [-0.05, 0) is 42.8 Å². The third kappa shape index (κ3) is 3.61. The smallest absolute Gasteiger partial charge is 0.354 e. The number of rotatable bonds is 4. The van der Waals surface area contributed by atoms with Gasteiger partial charge in [-0.1, -0.05) is 11.6 Å². The summed E-state index contributed by atoms with van der Waals surface area (Å²) >= 11 is 5.85. The van der Waals surface area contributed by atoms with Crippen LogP contribution in [0.1, 0.15) is 27.3 Å². The first kappa shape index (κ1) is 16.9. The van der Waals surface area contributed by atoms with Crippen molar-refractivity contribution in [2.45, 2.75) is 12.5 Å². The van der Waals surface area contributed by atoms with Gasteiger partial charge in [-0.3, -0.25) is 9.59 Å². The predicted molar refractivity (Wildman–Crippen MR) is 90.9 cm³/mol. The fraction of sp³-hybridized carbons (Fsp3) is 0.176. The molecule has 128 valence electrons. The van der Waals surface area contributed by atoms with E-state index in [1.807, 2.05) is 0 Å². The molecule has 1 aliphatic heterocycles. The summed E-state index contributed by atoms with van der Waals surface area (Å²) in [5.41, 5.74) is 0.767. The summed E-state index contributed by atoms with van der Waals surface area (Å²) < 4.78 is 0. The lowest BCUT2D eigenvalue weighted by atomic mass is 10.2. The van der Waals surface area contributed by atoms with E-state index in [0.29, 0.717) is 18.0 Å². The zero-order valence-electron chi connectivity index (χ0n) is 13.0. The van der Waals surface area contributed by atoms with Crippen LogP contribution in [0.25, 0.3) is 0 Å². The Kier molecular flexibility index (Phi) is 4.67. The summed E-state index contributed by atoms with van der Waals surface area (Å²) in [6, 6.07) is 8.87. The van der Waals surface area contributed by atoms with Gasteiger partial charge in [0.2, 0.25) is 5.91 Å². The first-order valence-electron chi connectivity index (χ1n) is 7.53. The minimum absolute atomic E-state index is 0.151. The predicted octanol–water partition coefficient (Wildman–Crippen LogP) is 1.97. The molecule has 0 radical (unpaired) electrons. The van der Waals surface area contributed by atoms with Crippen molar-refractivity contribution in [2.75, 3.05) is 11.4 Å². The van der Waals surface area contributed by atoms with Crippen LogP contribution in [0.15, 0.2) is 42.6 Å². The average Bonchev–Trinajstić information content (AvgIpc) is 2.96. The molecule has 0 spiro atoms. The van der Waals surface area contributed by atoms with Gasteiger partial charge in [-0.25, -0.2) is 9.78 Å². The summed E-state index contributed by atoms with van der Waals surface area (Å²) in [4.78, 5) is 40.8. The van der Waals surface area contributed by atoms with Gasteiger partial charge in [0.15, 0.2) is 0 Å². The summed E-state index contributed by atoms with van der Waals surface area (Å²) in [7, 11) is 0. The number of aromatic nitrogens is 1. The Bertz CT molecular complexity index is 821. The molecule has 1 unspecified atom stereocenters. The normalized spacial score (nSPS) is 16.8. The number of carbonyl (C=O) groups excluding carboxylic acids is 2. The van der Waals surface area contributed by atoms with E-state index in [2.05, 4.69) is 10.3 Å². The number of pyridine rings is 1. The lowest BCUT2D eigenvalue weighted by molar-refractivity contribution is -0.118. The Labute approximate surface area is 148 Å². The summed E-state index contributed by atoms with van der Waals surface area (Å²) in [6.45, 7) is 0.488. The molecule has 8 heteroatoms. The van der Waals surface area contributed by atoms with Crippen molar-refractivity contribution < 1.29 is 19.5 Å². The van der Waals surface area contributed by atoms with Gasteiger partial charge in [-0.15, -0.1) is 0 Å². The highest BCUT2D eigenvalue weighted by Gasteiger charge is 2.33. The van der Waals surface area contributed by atoms with E-state index in [4.69, 9.17) is 16.7 Å². The van der Waals surface area contributed by atoms with E-state index in [9.17, 15) is 14.4 Å². The first-order chi connectivity index (χ1) is 12.0. The standard InChI is InChI=1S/C17H14ClN3O4/c18-11-2-4-12(5-3-11)21-8-7-13(16(21)23)20-15(22)10-1-6-14(17(24)25)19-9-10/h1-6,9,13H,7-8H2,(H,20,22)(H,24,25). The molecule has 7 nitrogen and oxygen atoms in total. The maximum absolute atomic E-state index is 12.5. The van der Waals surface area contributed by atoms with Crippen LogP contribution in [-0.4, -0.2) is 40.5 Å². The van der Waals surface area contributed by atoms with Crippen LogP contribution >= 0.6 is 11.6 Å². The number of nitrogens with zero attached hydrogens (tertiary/aromatic N) is 2. The average molecular weight is 360 g/mol. The van der Waals surface area contributed by atoms with E-state index in [1.165, 1.54) is 18.3 Å². The second kappa shape index (κ2) is 6.90. The van der Waals surface area contributed by atoms with Crippen LogP contribution in [-0.2, 0) is 4.79 Å². The third-order valence-corrected chi connectivity index (χ3v) is 4.15. The Morgan fingerprint density at radius 2 is 1.92 bits per heavy atom. The minimum atomic E-state index is -1.17. The minimum Gasteiger partial charge on any atom is -0.477 e. The fourth-order valence-corrected chi connectivity index (χ4v) is 2.71. The maximum Gasteiger partial charge on any atom is 0.354 e. The topological polar surface area (TPSA) is 99.6 Å². The molecular weight excluding hydrogens is 346 g/mol. The number of aromatic carboxylic acids is 1. The molecule has 2 aromatic rings. The van der Waals surface area contributed by atoms with Gasteiger partial charge in [0.05, 0.1) is 5.56 Å². The van der Waals surface area contributed by atoms with E-state index in [-0.39, 0.29) is 17.2 Å². The molecule has 0 bridgehead atoms. The molecule has 1 atom stereocenters. The molecule has 0 aliphatic carbocycles.